The van der Waals surface area contributed by atoms with Crippen molar-refractivity contribution in [3.8, 4) is 0 Å². The summed E-state index contributed by atoms with van der Waals surface area (Å²) in [5.74, 6) is -1.43. The summed E-state index contributed by atoms with van der Waals surface area (Å²) < 4.78 is 0. The van der Waals surface area contributed by atoms with Crippen LogP contribution in [0.2, 0.25) is 0 Å². The molecule has 1 atom stereocenters. The number of carbonyl (C=O) groups excluding carboxylic acids is 1. The monoisotopic (exact) mass is 233 g/mol. The molecule has 1 heterocycles. The molecule has 0 spiro atoms. The number of benzene rings is 1. The van der Waals surface area contributed by atoms with Gasteiger partial charge in [-0.15, -0.1) is 0 Å². The fourth-order valence-corrected chi connectivity index (χ4v) is 2.06. The van der Waals surface area contributed by atoms with Gasteiger partial charge in [0.2, 0.25) is 5.91 Å². The molecule has 1 aliphatic rings. The van der Waals surface area contributed by atoms with Crippen LogP contribution < -0.4 is 0 Å². The molecule has 4 nitrogen and oxygen atoms in total. The van der Waals surface area contributed by atoms with Crippen molar-refractivity contribution in [1.29, 1.82) is 0 Å². The zero-order valence-electron chi connectivity index (χ0n) is 9.50. The molecule has 90 valence electrons. The van der Waals surface area contributed by atoms with E-state index in [0.29, 0.717) is 19.5 Å². The minimum Gasteiger partial charge on any atom is -0.481 e. The van der Waals surface area contributed by atoms with E-state index in [-0.39, 0.29) is 12.3 Å². The van der Waals surface area contributed by atoms with Crippen molar-refractivity contribution < 1.29 is 14.7 Å². The number of likely N-dealkylation sites (tertiary alicyclic amines) is 1. The minimum absolute atomic E-state index is 0.0625. The first kappa shape index (κ1) is 11.6. The van der Waals surface area contributed by atoms with Crippen LogP contribution in [0.3, 0.4) is 0 Å². The number of hydrogen-bond donors (Lipinski definition) is 1. The second-order valence-corrected chi connectivity index (χ2v) is 4.33. The van der Waals surface area contributed by atoms with Gasteiger partial charge in [-0.25, -0.2) is 0 Å². The van der Waals surface area contributed by atoms with Crippen LogP contribution in [0.4, 0.5) is 0 Å². The van der Waals surface area contributed by atoms with Crippen LogP contribution in [0.5, 0.6) is 0 Å². The Morgan fingerprint density at radius 3 is 2.65 bits per heavy atom. The highest BCUT2D eigenvalue weighted by molar-refractivity contribution is 5.83. The summed E-state index contributed by atoms with van der Waals surface area (Å²) in [4.78, 5) is 24.3. The van der Waals surface area contributed by atoms with E-state index in [1.54, 1.807) is 4.90 Å². The molecule has 0 radical (unpaired) electrons. The zero-order chi connectivity index (χ0) is 12.3. The Morgan fingerprint density at radius 1 is 1.35 bits per heavy atom. The van der Waals surface area contributed by atoms with E-state index < -0.39 is 11.9 Å². The molecule has 1 amide bonds. The van der Waals surface area contributed by atoms with Crippen molar-refractivity contribution in [2.75, 3.05) is 6.54 Å². The molecule has 1 aromatic carbocycles. The topological polar surface area (TPSA) is 57.6 Å². The number of amides is 1. The summed E-state index contributed by atoms with van der Waals surface area (Å²) >= 11 is 0. The number of carboxylic acid groups (broad SMARTS) is 1. The molecule has 0 aromatic heterocycles. The first-order chi connectivity index (χ1) is 8.16. The smallest absolute Gasteiger partial charge is 0.307 e. The van der Waals surface area contributed by atoms with Crippen molar-refractivity contribution in [2.45, 2.75) is 19.4 Å². The lowest BCUT2D eigenvalue weighted by atomic mass is 9.96. The molecular weight excluding hydrogens is 218 g/mol. The molecule has 0 bridgehead atoms. The predicted molar refractivity (Wildman–Crippen MR) is 62.2 cm³/mol. The number of nitrogens with zero attached hydrogens (tertiary/aromatic N) is 1. The van der Waals surface area contributed by atoms with Crippen LogP contribution >= 0.6 is 0 Å². The van der Waals surface area contributed by atoms with Gasteiger partial charge < -0.3 is 10.0 Å². The van der Waals surface area contributed by atoms with Crippen LogP contribution in [-0.4, -0.2) is 28.4 Å². The number of carboxylic acids is 1. The molecule has 0 aliphatic carbocycles. The highest BCUT2D eigenvalue weighted by atomic mass is 16.4. The Bertz CT molecular complexity index is 416. The summed E-state index contributed by atoms with van der Waals surface area (Å²) in [5, 5.41) is 8.86. The number of piperidine rings is 1. The predicted octanol–water partition coefficient (Wildman–Crippen LogP) is 1.51. The highest BCUT2D eigenvalue weighted by Crippen LogP contribution is 2.20. The lowest BCUT2D eigenvalue weighted by Gasteiger charge is -2.30. The third-order valence-electron chi connectivity index (χ3n) is 3.09. The Morgan fingerprint density at radius 2 is 2.06 bits per heavy atom. The van der Waals surface area contributed by atoms with Crippen molar-refractivity contribution in [1.82, 2.24) is 4.90 Å². The number of rotatable bonds is 3. The molecule has 4 heteroatoms. The summed E-state index contributed by atoms with van der Waals surface area (Å²) in [6.07, 6.45) is 0.677. The normalized spacial score (nSPS) is 20.4. The van der Waals surface area contributed by atoms with Crippen molar-refractivity contribution in [3.05, 3.63) is 35.9 Å². The van der Waals surface area contributed by atoms with Crippen LogP contribution in [0.15, 0.2) is 30.3 Å². The third-order valence-corrected chi connectivity index (χ3v) is 3.09. The molecule has 0 saturated carbocycles. The summed E-state index contributed by atoms with van der Waals surface area (Å²) in [6.45, 7) is 1.11. The third kappa shape index (κ3) is 2.84. The highest BCUT2D eigenvalue weighted by Gasteiger charge is 2.29. The average molecular weight is 233 g/mol. The van der Waals surface area contributed by atoms with E-state index in [0.717, 1.165) is 5.56 Å². The van der Waals surface area contributed by atoms with E-state index in [9.17, 15) is 9.59 Å². The van der Waals surface area contributed by atoms with E-state index in [2.05, 4.69) is 0 Å². The van der Waals surface area contributed by atoms with Gasteiger partial charge in [0.05, 0.1) is 5.92 Å². The molecule has 1 aliphatic heterocycles. The van der Waals surface area contributed by atoms with Gasteiger partial charge in [0.15, 0.2) is 0 Å². The fourth-order valence-electron chi connectivity index (χ4n) is 2.06. The van der Waals surface area contributed by atoms with Crippen LogP contribution in [-0.2, 0) is 16.1 Å². The largest absolute Gasteiger partial charge is 0.481 e. The zero-order valence-corrected chi connectivity index (χ0v) is 9.50. The number of hydrogen-bond acceptors (Lipinski definition) is 2. The standard InChI is InChI=1S/C13H15NO3/c15-12-8-11(13(16)17)6-7-14(12)9-10-4-2-1-3-5-10/h1-5,11H,6-9H2,(H,16,17)/t11-/m1/s1. The Kier molecular flexibility index (Phi) is 3.42. The lowest BCUT2D eigenvalue weighted by molar-refractivity contribution is -0.149. The summed E-state index contributed by atoms with van der Waals surface area (Å²) in [6, 6.07) is 9.74. The maximum Gasteiger partial charge on any atom is 0.307 e. The van der Waals surface area contributed by atoms with Gasteiger partial charge in [-0.05, 0) is 12.0 Å². The Hall–Kier alpha value is -1.84. The lowest BCUT2D eigenvalue weighted by Crippen LogP contribution is -2.40. The van der Waals surface area contributed by atoms with Crippen molar-refractivity contribution in [3.63, 3.8) is 0 Å². The van der Waals surface area contributed by atoms with E-state index in [4.69, 9.17) is 5.11 Å². The maximum absolute atomic E-state index is 11.8. The van der Waals surface area contributed by atoms with Crippen molar-refractivity contribution >= 4 is 11.9 Å². The Balaban J connectivity index is 1.96. The number of aliphatic carboxylic acids is 1. The SMILES string of the molecule is O=C(O)[C@@H]1CCN(Cc2ccccc2)C(=O)C1. The summed E-state index contributed by atoms with van der Waals surface area (Å²) in [5.41, 5.74) is 1.08. The van der Waals surface area contributed by atoms with E-state index in [1.807, 2.05) is 30.3 Å². The van der Waals surface area contributed by atoms with Crippen LogP contribution in [0, 0.1) is 5.92 Å². The van der Waals surface area contributed by atoms with E-state index in [1.165, 1.54) is 0 Å². The average Bonchev–Trinajstić information content (AvgIpc) is 2.33. The summed E-state index contributed by atoms with van der Waals surface area (Å²) in [7, 11) is 0. The molecule has 2 rings (SSSR count). The second kappa shape index (κ2) is 4.99. The Labute approximate surface area is 99.9 Å². The number of carbonyl (C=O) groups is 2. The van der Waals surface area contributed by atoms with Gasteiger partial charge >= 0.3 is 5.97 Å². The molecule has 1 aromatic rings. The van der Waals surface area contributed by atoms with Crippen LogP contribution in [0.25, 0.3) is 0 Å². The van der Waals surface area contributed by atoms with Crippen molar-refractivity contribution in [2.24, 2.45) is 5.92 Å². The van der Waals surface area contributed by atoms with Gasteiger partial charge in [-0.2, -0.15) is 0 Å². The molecule has 1 fully saturated rings. The molecular formula is C13H15NO3. The molecule has 1 N–H and O–H groups in total. The first-order valence-corrected chi connectivity index (χ1v) is 5.71. The molecule has 1 saturated heterocycles. The van der Waals surface area contributed by atoms with Gasteiger partial charge in [0.25, 0.3) is 0 Å². The van der Waals surface area contributed by atoms with Gasteiger partial charge in [-0.1, -0.05) is 30.3 Å². The minimum atomic E-state index is -0.863. The van der Waals surface area contributed by atoms with Gasteiger partial charge in [0.1, 0.15) is 0 Å². The first-order valence-electron chi connectivity index (χ1n) is 5.71. The second-order valence-electron chi connectivity index (χ2n) is 4.33. The quantitative estimate of drug-likeness (QED) is 0.861. The molecule has 0 unspecified atom stereocenters. The fraction of sp³-hybridized carbons (Fsp3) is 0.385. The van der Waals surface area contributed by atoms with E-state index >= 15 is 0 Å². The maximum atomic E-state index is 11.8. The van der Waals surface area contributed by atoms with Gasteiger partial charge in [-0.3, -0.25) is 9.59 Å². The van der Waals surface area contributed by atoms with Crippen LogP contribution in [0.1, 0.15) is 18.4 Å². The van der Waals surface area contributed by atoms with Gasteiger partial charge in [0, 0.05) is 19.5 Å². The molecule has 17 heavy (non-hydrogen) atoms.